The van der Waals surface area contributed by atoms with E-state index < -0.39 is 0 Å². The molecule has 0 aliphatic heterocycles. The Hall–Kier alpha value is -8.78. The molecule has 0 amide bonds. The molecule has 67 heavy (non-hydrogen) atoms. The van der Waals surface area contributed by atoms with Crippen molar-refractivity contribution in [2.75, 3.05) is 0 Å². The van der Waals surface area contributed by atoms with Crippen molar-refractivity contribution < 1.29 is 0 Å². The summed E-state index contributed by atoms with van der Waals surface area (Å²) in [5.41, 5.74) is 13.5. The van der Waals surface area contributed by atoms with Crippen molar-refractivity contribution >= 4 is 86.8 Å². The van der Waals surface area contributed by atoms with Crippen LogP contribution >= 0.6 is 11.3 Å². The summed E-state index contributed by atoms with van der Waals surface area (Å²) in [5.74, 6) is 1.29. The van der Waals surface area contributed by atoms with Crippen LogP contribution in [0, 0.1) is 0 Å². The SMILES string of the molecule is c1ccc(-c2cc3nc(-n4c5ccccc5c5cc(-c6ccc7c(c6)c6ccc8ccccc8c6n7-c6nc(-c7ccccc7)c7ccccc7n6)ccc54)nc(-c4ccccc4)c3s2)cc1. The predicted molar refractivity (Wildman–Crippen MR) is 278 cm³/mol. The minimum Gasteiger partial charge on any atom is -0.278 e. The van der Waals surface area contributed by atoms with Crippen molar-refractivity contribution in [2.24, 2.45) is 0 Å². The first-order valence-corrected chi connectivity index (χ1v) is 23.3. The van der Waals surface area contributed by atoms with Gasteiger partial charge in [0.05, 0.1) is 49.2 Å². The Kier molecular flexibility index (Phi) is 8.35. The predicted octanol–water partition coefficient (Wildman–Crippen LogP) is 15.6. The molecular formula is C60H36N6S. The second-order valence-corrected chi connectivity index (χ2v) is 18.1. The van der Waals surface area contributed by atoms with Crippen LogP contribution in [0.4, 0.5) is 0 Å². The minimum atomic E-state index is 0.644. The molecule has 312 valence electrons. The molecule has 6 nitrogen and oxygen atoms in total. The van der Waals surface area contributed by atoms with Crippen molar-refractivity contribution in [1.82, 2.24) is 29.1 Å². The molecule has 0 aliphatic carbocycles. The third-order valence-corrected chi connectivity index (χ3v) is 14.3. The average molecular weight is 873 g/mol. The van der Waals surface area contributed by atoms with E-state index in [0.29, 0.717) is 11.9 Å². The Morgan fingerprint density at radius 1 is 0.313 bits per heavy atom. The summed E-state index contributed by atoms with van der Waals surface area (Å²) < 4.78 is 5.57. The molecule has 5 heterocycles. The zero-order chi connectivity index (χ0) is 44.0. The second kappa shape index (κ2) is 14.9. The normalized spacial score (nSPS) is 11.9. The maximum absolute atomic E-state index is 5.40. The van der Waals surface area contributed by atoms with E-state index in [1.807, 2.05) is 6.07 Å². The zero-order valence-corrected chi connectivity index (χ0v) is 36.7. The summed E-state index contributed by atoms with van der Waals surface area (Å²) in [7, 11) is 0. The molecule has 0 atom stereocenters. The Bertz CT molecular complexity index is 4270. The third-order valence-electron chi connectivity index (χ3n) is 13.2. The van der Waals surface area contributed by atoms with Crippen LogP contribution in [-0.4, -0.2) is 29.1 Å². The zero-order valence-electron chi connectivity index (χ0n) is 35.9. The van der Waals surface area contributed by atoms with Gasteiger partial charge >= 0.3 is 0 Å². The van der Waals surface area contributed by atoms with Crippen molar-refractivity contribution in [1.29, 1.82) is 0 Å². The molecule has 0 saturated heterocycles. The lowest BCUT2D eigenvalue weighted by molar-refractivity contribution is 1.02. The van der Waals surface area contributed by atoms with E-state index in [-0.39, 0.29) is 0 Å². The first-order valence-electron chi connectivity index (χ1n) is 22.5. The fraction of sp³-hybridized carbons (Fsp3) is 0. The highest BCUT2D eigenvalue weighted by molar-refractivity contribution is 7.22. The van der Waals surface area contributed by atoms with Crippen LogP contribution < -0.4 is 0 Å². The molecule has 0 fully saturated rings. The summed E-state index contributed by atoms with van der Waals surface area (Å²) in [6.07, 6.45) is 0. The molecule has 5 aromatic heterocycles. The summed E-state index contributed by atoms with van der Waals surface area (Å²) in [6.45, 7) is 0. The number of thiophene rings is 1. The average Bonchev–Trinajstić information content (AvgIpc) is 4.09. The molecule has 7 heteroatoms. The molecular weight excluding hydrogens is 837 g/mol. The number of nitrogens with zero attached hydrogens (tertiary/aromatic N) is 6. The van der Waals surface area contributed by atoms with Gasteiger partial charge in [0.15, 0.2) is 0 Å². The van der Waals surface area contributed by atoms with E-state index in [9.17, 15) is 0 Å². The molecule has 0 bridgehead atoms. The molecule has 0 aliphatic rings. The van der Waals surface area contributed by atoms with E-state index in [4.69, 9.17) is 19.9 Å². The number of aromatic nitrogens is 6. The van der Waals surface area contributed by atoms with Gasteiger partial charge in [-0.3, -0.25) is 9.13 Å². The van der Waals surface area contributed by atoms with Gasteiger partial charge in [0, 0.05) is 48.3 Å². The van der Waals surface area contributed by atoms with Crippen LogP contribution in [0.3, 0.4) is 0 Å². The van der Waals surface area contributed by atoms with Crippen molar-refractivity contribution in [3.63, 3.8) is 0 Å². The largest absolute Gasteiger partial charge is 0.278 e. The van der Waals surface area contributed by atoms with Gasteiger partial charge in [-0.15, -0.1) is 11.3 Å². The van der Waals surface area contributed by atoms with Gasteiger partial charge in [-0.25, -0.2) is 19.9 Å². The topological polar surface area (TPSA) is 61.4 Å². The quantitative estimate of drug-likeness (QED) is 0.167. The number of hydrogen-bond acceptors (Lipinski definition) is 5. The van der Waals surface area contributed by atoms with Gasteiger partial charge in [0.1, 0.15) is 0 Å². The Morgan fingerprint density at radius 2 is 0.851 bits per heavy atom. The first kappa shape index (κ1) is 37.6. The van der Waals surface area contributed by atoms with Crippen molar-refractivity contribution in [3.8, 4) is 56.0 Å². The van der Waals surface area contributed by atoms with Crippen LogP contribution in [-0.2, 0) is 0 Å². The highest BCUT2D eigenvalue weighted by Gasteiger charge is 2.22. The van der Waals surface area contributed by atoms with E-state index >= 15 is 0 Å². The van der Waals surface area contributed by atoms with Crippen LogP contribution in [0.25, 0.3) is 131 Å². The molecule has 0 radical (unpaired) electrons. The lowest BCUT2D eigenvalue weighted by Gasteiger charge is -2.12. The fourth-order valence-corrected chi connectivity index (χ4v) is 11.2. The van der Waals surface area contributed by atoms with Crippen molar-refractivity contribution in [3.05, 3.63) is 218 Å². The number of benzene rings is 9. The smallest absolute Gasteiger partial charge is 0.235 e. The lowest BCUT2D eigenvalue weighted by Crippen LogP contribution is -2.03. The van der Waals surface area contributed by atoms with Crippen molar-refractivity contribution in [2.45, 2.75) is 0 Å². The van der Waals surface area contributed by atoms with Gasteiger partial charge in [-0.05, 0) is 64.5 Å². The summed E-state index contributed by atoms with van der Waals surface area (Å²) in [4.78, 5) is 22.6. The number of hydrogen-bond donors (Lipinski definition) is 0. The second-order valence-electron chi connectivity index (χ2n) is 17.0. The Labute approximate surface area is 388 Å². The standard InChI is InChI=1S/C60H36N6S/c1-4-17-38(18-5-1)54-36-50-58(67-54)56(40-21-8-3-9-22-40)64-59(62-50)65-51-27-15-13-24-44(51)47-34-41(29-32-52(47)65)42-30-33-53-48(35-42)45-31-28-37-16-10-11-23-43(37)57(45)66(53)60-61-49-26-14-12-25-46(49)55(63-60)39-19-6-2-7-20-39/h1-36H. The number of rotatable bonds is 6. The molecule has 0 N–H and O–H groups in total. The Morgan fingerprint density at radius 3 is 1.60 bits per heavy atom. The summed E-state index contributed by atoms with van der Waals surface area (Å²) >= 11 is 1.74. The fourth-order valence-electron chi connectivity index (χ4n) is 10.1. The van der Waals surface area contributed by atoms with Crippen LogP contribution in [0.1, 0.15) is 0 Å². The lowest BCUT2D eigenvalue weighted by atomic mass is 10.00. The van der Waals surface area contributed by atoms with Gasteiger partial charge in [-0.1, -0.05) is 176 Å². The maximum Gasteiger partial charge on any atom is 0.235 e. The van der Waals surface area contributed by atoms with E-state index in [1.54, 1.807) is 11.3 Å². The van der Waals surface area contributed by atoms with Gasteiger partial charge in [-0.2, -0.15) is 0 Å². The van der Waals surface area contributed by atoms with Gasteiger partial charge < -0.3 is 0 Å². The molecule has 14 aromatic rings. The van der Waals surface area contributed by atoms with Gasteiger partial charge in [0.25, 0.3) is 0 Å². The monoisotopic (exact) mass is 872 g/mol. The molecule has 9 aromatic carbocycles. The van der Waals surface area contributed by atoms with E-state index in [0.717, 1.165) is 104 Å². The molecule has 0 spiro atoms. The number of fused-ring (bicyclic) bond motifs is 10. The summed E-state index contributed by atoms with van der Waals surface area (Å²) in [6, 6.07) is 77.3. The highest BCUT2D eigenvalue weighted by atomic mass is 32.1. The minimum absolute atomic E-state index is 0.644. The number of para-hydroxylation sites is 2. The van der Waals surface area contributed by atoms with E-state index in [1.165, 1.54) is 15.8 Å². The molecule has 0 unspecified atom stereocenters. The van der Waals surface area contributed by atoms with Crippen LogP contribution in [0.15, 0.2) is 218 Å². The maximum atomic E-state index is 5.40. The highest BCUT2D eigenvalue weighted by Crippen LogP contribution is 2.42. The first-order chi connectivity index (χ1) is 33.2. The van der Waals surface area contributed by atoms with Gasteiger partial charge in [0.2, 0.25) is 11.9 Å². The molecule has 14 rings (SSSR count). The van der Waals surface area contributed by atoms with E-state index in [2.05, 4.69) is 221 Å². The Balaban J connectivity index is 0.965. The molecule has 0 saturated carbocycles. The third kappa shape index (κ3) is 5.95. The van der Waals surface area contributed by atoms with Crippen LogP contribution in [0.5, 0.6) is 0 Å². The summed E-state index contributed by atoms with van der Waals surface area (Å²) in [5, 5.41) is 7.91. The van der Waals surface area contributed by atoms with Crippen LogP contribution in [0.2, 0.25) is 0 Å².